The molecule has 1 rings (SSSR count). The van der Waals surface area contributed by atoms with Crippen molar-refractivity contribution in [3.05, 3.63) is 0 Å². The van der Waals surface area contributed by atoms with E-state index in [0.29, 0.717) is 10.8 Å². The molecule has 0 amide bonds. The van der Waals surface area contributed by atoms with Crippen LogP contribution in [0.15, 0.2) is 0 Å². The summed E-state index contributed by atoms with van der Waals surface area (Å²) in [5.41, 5.74) is 0.890. The molecule has 0 radical (unpaired) electrons. The van der Waals surface area contributed by atoms with Crippen molar-refractivity contribution < 1.29 is 0 Å². The smallest absolute Gasteiger partial charge is 0.166 e. The Morgan fingerprint density at radius 2 is 1.67 bits per heavy atom. The van der Waals surface area contributed by atoms with Crippen molar-refractivity contribution >= 4 is 17.3 Å². The molecule has 1 aliphatic rings. The number of hydrogen-bond donors (Lipinski definition) is 2. The van der Waals surface area contributed by atoms with Crippen molar-refractivity contribution in [2.45, 2.75) is 41.0 Å². The number of nitrogens with one attached hydrogen (secondary N) is 2. The number of thiocarbonyl (C=S) groups is 1. The van der Waals surface area contributed by atoms with Gasteiger partial charge in [0, 0.05) is 13.1 Å². The zero-order valence-electron chi connectivity index (χ0n) is 10.6. The fourth-order valence-electron chi connectivity index (χ4n) is 2.34. The summed E-state index contributed by atoms with van der Waals surface area (Å²) in [6.07, 6.45) is 1.11. The molecule has 0 unspecified atom stereocenters. The van der Waals surface area contributed by atoms with Gasteiger partial charge in [0.25, 0.3) is 0 Å². The normalized spacial score (nSPS) is 22.2. The minimum Gasteiger partial charge on any atom is -0.363 e. The molecule has 1 saturated carbocycles. The molecule has 3 heteroatoms. The second-order valence-electron chi connectivity index (χ2n) is 5.63. The van der Waals surface area contributed by atoms with Gasteiger partial charge in [-0.1, -0.05) is 34.6 Å². The summed E-state index contributed by atoms with van der Waals surface area (Å²) >= 11 is 5.19. The summed E-state index contributed by atoms with van der Waals surface area (Å²) in [5, 5.41) is 7.30. The highest BCUT2D eigenvalue weighted by molar-refractivity contribution is 7.80. The maximum absolute atomic E-state index is 5.19. The largest absolute Gasteiger partial charge is 0.363 e. The molecular weight excluding hydrogens is 204 g/mol. The van der Waals surface area contributed by atoms with E-state index in [4.69, 9.17) is 12.2 Å². The third kappa shape index (κ3) is 2.44. The second-order valence-corrected chi connectivity index (χ2v) is 6.04. The van der Waals surface area contributed by atoms with E-state index in [1.54, 1.807) is 0 Å². The van der Waals surface area contributed by atoms with Crippen molar-refractivity contribution in [1.29, 1.82) is 0 Å². The maximum atomic E-state index is 5.19. The molecule has 15 heavy (non-hydrogen) atoms. The van der Waals surface area contributed by atoms with Gasteiger partial charge in [-0.25, -0.2) is 0 Å². The van der Waals surface area contributed by atoms with Gasteiger partial charge in [-0.05, 0) is 35.4 Å². The highest BCUT2D eigenvalue weighted by Crippen LogP contribution is 2.67. The number of hydrogen-bond acceptors (Lipinski definition) is 1. The van der Waals surface area contributed by atoms with Crippen LogP contribution in [0.25, 0.3) is 0 Å². The SMILES string of the molecule is CCCNC(=S)NCC1C(C)(C)C1(C)C. The zero-order chi connectivity index (χ0) is 11.7. The fourth-order valence-corrected chi connectivity index (χ4v) is 2.52. The Hall–Kier alpha value is -0.310. The molecular formula is C12H24N2S. The first-order valence-electron chi connectivity index (χ1n) is 5.85. The van der Waals surface area contributed by atoms with E-state index >= 15 is 0 Å². The van der Waals surface area contributed by atoms with E-state index in [-0.39, 0.29) is 0 Å². The summed E-state index contributed by atoms with van der Waals surface area (Å²) in [6, 6.07) is 0. The van der Waals surface area contributed by atoms with Gasteiger partial charge < -0.3 is 10.6 Å². The Kier molecular flexibility index (Phi) is 3.64. The van der Waals surface area contributed by atoms with Gasteiger partial charge in [-0.15, -0.1) is 0 Å². The van der Waals surface area contributed by atoms with E-state index in [1.165, 1.54) is 0 Å². The van der Waals surface area contributed by atoms with E-state index < -0.39 is 0 Å². The van der Waals surface area contributed by atoms with E-state index in [2.05, 4.69) is 45.3 Å². The van der Waals surface area contributed by atoms with Gasteiger partial charge >= 0.3 is 0 Å². The van der Waals surface area contributed by atoms with Gasteiger partial charge in [0.15, 0.2) is 5.11 Å². The molecule has 0 heterocycles. The summed E-state index contributed by atoms with van der Waals surface area (Å²) in [7, 11) is 0. The number of rotatable bonds is 4. The molecule has 0 aromatic heterocycles. The molecule has 88 valence electrons. The van der Waals surface area contributed by atoms with Crippen LogP contribution >= 0.6 is 12.2 Å². The van der Waals surface area contributed by atoms with Crippen LogP contribution in [0.4, 0.5) is 0 Å². The van der Waals surface area contributed by atoms with Crippen LogP contribution in [-0.2, 0) is 0 Å². The van der Waals surface area contributed by atoms with E-state index in [0.717, 1.165) is 30.5 Å². The molecule has 0 bridgehead atoms. The lowest BCUT2D eigenvalue weighted by Gasteiger charge is -2.10. The molecule has 2 N–H and O–H groups in total. The Bertz CT molecular complexity index is 232. The minimum atomic E-state index is 0.445. The van der Waals surface area contributed by atoms with Crippen molar-refractivity contribution in [3.63, 3.8) is 0 Å². The molecule has 0 saturated heterocycles. The standard InChI is InChI=1S/C12H24N2S/c1-6-7-13-10(15)14-8-9-11(2,3)12(9,4)5/h9H,6-8H2,1-5H3,(H2,13,14,15). The lowest BCUT2D eigenvalue weighted by atomic mass is 10.0. The summed E-state index contributed by atoms with van der Waals surface area (Å²) in [5.74, 6) is 0.728. The van der Waals surface area contributed by atoms with Gasteiger partial charge in [0.1, 0.15) is 0 Å². The van der Waals surface area contributed by atoms with E-state index in [1.807, 2.05) is 0 Å². The maximum Gasteiger partial charge on any atom is 0.166 e. The van der Waals surface area contributed by atoms with Crippen LogP contribution in [-0.4, -0.2) is 18.2 Å². The molecule has 0 aliphatic heterocycles. The molecule has 1 fully saturated rings. The third-order valence-corrected chi connectivity index (χ3v) is 4.61. The quantitative estimate of drug-likeness (QED) is 0.723. The average Bonchev–Trinajstić information content (AvgIpc) is 2.51. The molecule has 0 aromatic rings. The highest BCUT2D eigenvalue weighted by atomic mass is 32.1. The van der Waals surface area contributed by atoms with Gasteiger partial charge in [0.05, 0.1) is 0 Å². The van der Waals surface area contributed by atoms with Crippen LogP contribution in [0.1, 0.15) is 41.0 Å². The van der Waals surface area contributed by atoms with Gasteiger partial charge in [-0.2, -0.15) is 0 Å². The highest BCUT2D eigenvalue weighted by Gasteiger charge is 2.64. The van der Waals surface area contributed by atoms with Crippen molar-refractivity contribution in [2.75, 3.05) is 13.1 Å². The topological polar surface area (TPSA) is 24.1 Å². The van der Waals surface area contributed by atoms with Crippen LogP contribution < -0.4 is 10.6 Å². The Morgan fingerprint density at radius 1 is 1.13 bits per heavy atom. The lowest BCUT2D eigenvalue weighted by Crippen LogP contribution is -2.37. The molecule has 1 aliphatic carbocycles. The first-order valence-corrected chi connectivity index (χ1v) is 6.26. The van der Waals surface area contributed by atoms with Gasteiger partial charge in [-0.3, -0.25) is 0 Å². The van der Waals surface area contributed by atoms with Crippen molar-refractivity contribution in [2.24, 2.45) is 16.7 Å². The van der Waals surface area contributed by atoms with Crippen LogP contribution in [0.5, 0.6) is 0 Å². The van der Waals surface area contributed by atoms with Crippen LogP contribution in [0, 0.1) is 16.7 Å². The van der Waals surface area contributed by atoms with Crippen molar-refractivity contribution in [1.82, 2.24) is 10.6 Å². The predicted molar refractivity (Wildman–Crippen MR) is 69.9 cm³/mol. The third-order valence-electron chi connectivity index (χ3n) is 4.32. The summed E-state index contributed by atoms with van der Waals surface area (Å²) < 4.78 is 0. The Labute approximate surface area is 99.2 Å². The first-order chi connectivity index (χ1) is 6.84. The Balaban J connectivity index is 2.25. The predicted octanol–water partition coefficient (Wildman–Crippen LogP) is 2.54. The second kappa shape index (κ2) is 4.28. The first kappa shape index (κ1) is 12.8. The molecule has 0 aromatic carbocycles. The van der Waals surface area contributed by atoms with Crippen LogP contribution in [0.2, 0.25) is 0 Å². The average molecular weight is 228 g/mol. The van der Waals surface area contributed by atoms with Gasteiger partial charge in [0.2, 0.25) is 0 Å². The molecule has 0 spiro atoms. The molecule has 0 atom stereocenters. The Morgan fingerprint density at radius 3 is 2.07 bits per heavy atom. The molecule has 2 nitrogen and oxygen atoms in total. The van der Waals surface area contributed by atoms with Crippen molar-refractivity contribution in [3.8, 4) is 0 Å². The minimum absolute atomic E-state index is 0.445. The monoisotopic (exact) mass is 228 g/mol. The summed E-state index contributed by atoms with van der Waals surface area (Å²) in [6.45, 7) is 13.4. The summed E-state index contributed by atoms with van der Waals surface area (Å²) in [4.78, 5) is 0. The van der Waals surface area contributed by atoms with Crippen LogP contribution in [0.3, 0.4) is 0 Å². The zero-order valence-corrected chi connectivity index (χ0v) is 11.4. The fraction of sp³-hybridized carbons (Fsp3) is 0.917. The van der Waals surface area contributed by atoms with E-state index in [9.17, 15) is 0 Å². The lowest BCUT2D eigenvalue weighted by molar-refractivity contribution is 0.457.